The zero-order valence-electron chi connectivity index (χ0n) is 10.1. The minimum Gasteiger partial charge on any atom is -0.389 e. The van der Waals surface area contributed by atoms with Crippen LogP contribution in [0.25, 0.3) is 0 Å². The first-order chi connectivity index (χ1) is 9.38. The van der Waals surface area contributed by atoms with Gasteiger partial charge in [0, 0.05) is 11.4 Å². The highest BCUT2D eigenvalue weighted by Crippen LogP contribution is 2.23. The SMILES string of the molecule is NC(=S)c1ccc(S(=O)(=O)NCCc2ccc(Br)s2)s1. The first kappa shape index (κ1) is 16.1. The first-order valence-corrected chi connectivity index (χ1v) is 9.84. The van der Waals surface area contributed by atoms with Crippen molar-refractivity contribution in [3.05, 3.63) is 37.8 Å². The van der Waals surface area contributed by atoms with Crippen LogP contribution in [0.4, 0.5) is 0 Å². The Hall–Kier alpha value is -0.320. The zero-order valence-corrected chi connectivity index (χ0v) is 15.0. The Bertz CT molecular complexity index is 720. The van der Waals surface area contributed by atoms with Crippen LogP contribution in [0.5, 0.6) is 0 Å². The largest absolute Gasteiger partial charge is 0.389 e. The van der Waals surface area contributed by atoms with E-state index < -0.39 is 10.0 Å². The molecule has 3 N–H and O–H groups in total. The van der Waals surface area contributed by atoms with Crippen molar-refractivity contribution in [3.8, 4) is 0 Å². The van der Waals surface area contributed by atoms with E-state index in [9.17, 15) is 8.42 Å². The van der Waals surface area contributed by atoms with Gasteiger partial charge < -0.3 is 5.73 Å². The summed E-state index contributed by atoms with van der Waals surface area (Å²) in [5, 5.41) is 0. The Labute approximate surface area is 139 Å². The van der Waals surface area contributed by atoms with Gasteiger partial charge in [-0.15, -0.1) is 22.7 Å². The van der Waals surface area contributed by atoms with E-state index in [2.05, 4.69) is 20.7 Å². The monoisotopic (exact) mass is 410 g/mol. The van der Waals surface area contributed by atoms with Gasteiger partial charge in [-0.25, -0.2) is 13.1 Å². The molecule has 0 atom stereocenters. The van der Waals surface area contributed by atoms with Gasteiger partial charge in [-0.1, -0.05) is 12.2 Å². The van der Waals surface area contributed by atoms with E-state index in [1.165, 1.54) is 6.07 Å². The van der Waals surface area contributed by atoms with Crippen LogP contribution < -0.4 is 10.5 Å². The molecule has 2 aromatic rings. The van der Waals surface area contributed by atoms with E-state index in [1.807, 2.05) is 12.1 Å². The van der Waals surface area contributed by atoms with Gasteiger partial charge in [0.2, 0.25) is 10.0 Å². The topological polar surface area (TPSA) is 72.2 Å². The summed E-state index contributed by atoms with van der Waals surface area (Å²) in [5.41, 5.74) is 5.47. The number of thiophene rings is 2. The highest BCUT2D eigenvalue weighted by Gasteiger charge is 2.17. The fourth-order valence-electron chi connectivity index (χ4n) is 1.46. The van der Waals surface area contributed by atoms with Gasteiger partial charge in [0.15, 0.2) is 0 Å². The molecule has 4 nitrogen and oxygen atoms in total. The number of halogens is 1. The number of nitrogens with one attached hydrogen (secondary N) is 1. The van der Waals surface area contributed by atoms with E-state index in [1.54, 1.807) is 17.4 Å². The molecule has 20 heavy (non-hydrogen) atoms. The summed E-state index contributed by atoms with van der Waals surface area (Å²) in [6.07, 6.45) is 0.656. The molecule has 0 radical (unpaired) electrons. The lowest BCUT2D eigenvalue weighted by molar-refractivity contribution is 0.584. The molecule has 0 spiro atoms. The molecule has 9 heteroatoms. The summed E-state index contributed by atoms with van der Waals surface area (Å²) in [4.78, 5) is 1.93. The van der Waals surface area contributed by atoms with Gasteiger partial charge in [0.1, 0.15) is 9.20 Å². The van der Waals surface area contributed by atoms with Crippen molar-refractivity contribution >= 4 is 65.8 Å². The average molecular weight is 411 g/mol. The normalized spacial score (nSPS) is 11.7. The van der Waals surface area contributed by atoms with Gasteiger partial charge in [-0.3, -0.25) is 0 Å². The molecule has 0 unspecified atom stereocenters. The summed E-state index contributed by atoms with van der Waals surface area (Å²) in [6, 6.07) is 7.06. The Balaban J connectivity index is 1.98. The molecule has 0 amide bonds. The maximum atomic E-state index is 12.1. The lowest BCUT2D eigenvalue weighted by atomic mass is 10.3. The first-order valence-electron chi connectivity index (χ1n) is 5.52. The van der Waals surface area contributed by atoms with E-state index in [0.717, 1.165) is 20.0 Å². The second kappa shape index (κ2) is 6.63. The van der Waals surface area contributed by atoms with Crippen molar-refractivity contribution in [2.75, 3.05) is 6.54 Å². The van der Waals surface area contributed by atoms with Crippen molar-refractivity contribution in [1.82, 2.24) is 4.72 Å². The summed E-state index contributed by atoms with van der Waals surface area (Å²) < 4.78 is 28.0. The smallest absolute Gasteiger partial charge is 0.250 e. The Morgan fingerprint density at radius 2 is 2.05 bits per heavy atom. The summed E-state index contributed by atoms with van der Waals surface area (Å²) >= 11 is 10.9. The molecule has 0 fully saturated rings. The van der Waals surface area contributed by atoms with Gasteiger partial charge in [0.05, 0.1) is 8.66 Å². The van der Waals surface area contributed by atoms with Crippen LogP contribution in [-0.2, 0) is 16.4 Å². The maximum absolute atomic E-state index is 12.1. The molecule has 2 aromatic heterocycles. The molecule has 0 aliphatic rings. The highest BCUT2D eigenvalue weighted by molar-refractivity contribution is 9.11. The minimum atomic E-state index is -3.49. The number of hydrogen-bond donors (Lipinski definition) is 2. The third kappa shape index (κ3) is 4.09. The third-order valence-electron chi connectivity index (χ3n) is 2.38. The molecular formula is C11H11BrN2O2S4. The molecule has 2 rings (SSSR count). The van der Waals surface area contributed by atoms with Crippen LogP contribution >= 0.6 is 50.8 Å². The van der Waals surface area contributed by atoms with E-state index in [0.29, 0.717) is 17.8 Å². The van der Waals surface area contributed by atoms with Crippen LogP contribution in [0.3, 0.4) is 0 Å². The molecule has 0 saturated heterocycles. The lowest BCUT2D eigenvalue weighted by Gasteiger charge is -2.03. The second-order valence-corrected chi connectivity index (χ2v) is 9.90. The van der Waals surface area contributed by atoms with Crippen molar-refractivity contribution in [3.63, 3.8) is 0 Å². The number of hydrogen-bond acceptors (Lipinski definition) is 5. The van der Waals surface area contributed by atoms with E-state index in [-0.39, 0.29) is 9.20 Å². The number of nitrogens with two attached hydrogens (primary N) is 1. The van der Waals surface area contributed by atoms with E-state index >= 15 is 0 Å². The van der Waals surface area contributed by atoms with Gasteiger partial charge in [-0.2, -0.15) is 0 Å². The predicted molar refractivity (Wildman–Crippen MR) is 91.1 cm³/mol. The van der Waals surface area contributed by atoms with Crippen molar-refractivity contribution in [2.24, 2.45) is 5.73 Å². The number of rotatable bonds is 6. The average Bonchev–Trinajstić information content (AvgIpc) is 2.98. The molecule has 0 aromatic carbocycles. The summed E-state index contributed by atoms with van der Waals surface area (Å²) in [6.45, 7) is 0.357. The molecule has 0 aliphatic heterocycles. The van der Waals surface area contributed by atoms with Crippen molar-refractivity contribution < 1.29 is 8.42 Å². The fourth-order valence-corrected chi connectivity index (χ4v) is 5.37. The lowest BCUT2D eigenvalue weighted by Crippen LogP contribution is -2.25. The van der Waals surface area contributed by atoms with Crippen LogP contribution in [0.15, 0.2) is 32.3 Å². The van der Waals surface area contributed by atoms with Crippen LogP contribution in [0, 0.1) is 0 Å². The van der Waals surface area contributed by atoms with Crippen LogP contribution in [0.1, 0.15) is 9.75 Å². The Kier molecular flexibility index (Phi) is 5.32. The number of thiocarbonyl (C=S) groups is 1. The third-order valence-corrected chi connectivity index (χ3v) is 7.49. The Morgan fingerprint density at radius 1 is 1.30 bits per heavy atom. The maximum Gasteiger partial charge on any atom is 0.250 e. The van der Waals surface area contributed by atoms with Gasteiger partial charge >= 0.3 is 0 Å². The second-order valence-electron chi connectivity index (χ2n) is 3.84. The fraction of sp³-hybridized carbons (Fsp3) is 0.182. The summed E-state index contributed by atoms with van der Waals surface area (Å²) in [7, 11) is -3.49. The predicted octanol–water partition coefficient (Wildman–Crippen LogP) is 2.73. The number of sulfonamides is 1. The molecule has 0 saturated carbocycles. The molecule has 0 aliphatic carbocycles. The zero-order chi connectivity index (χ0) is 14.8. The summed E-state index contributed by atoms with van der Waals surface area (Å²) in [5.74, 6) is 0. The van der Waals surface area contributed by atoms with Crippen molar-refractivity contribution in [1.29, 1.82) is 0 Å². The molecule has 0 bridgehead atoms. The molecule has 108 valence electrons. The standard InChI is InChI=1S/C11H11BrN2O2S4/c12-9-3-1-7(18-9)5-6-14-20(15,16)10-4-2-8(19-10)11(13)17/h1-4,14H,5-6H2,(H2,13,17). The van der Waals surface area contributed by atoms with Crippen LogP contribution in [-0.4, -0.2) is 20.0 Å². The van der Waals surface area contributed by atoms with E-state index in [4.69, 9.17) is 18.0 Å². The molecule has 2 heterocycles. The minimum absolute atomic E-state index is 0.208. The Morgan fingerprint density at radius 3 is 2.60 bits per heavy atom. The highest BCUT2D eigenvalue weighted by atomic mass is 79.9. The van der Waals surface area contributed by atoms with Crippen LogP contribution in [0.2, 0.25) is 0 Å². The molecular weight excluding hydrogens is 400 g/mol. The van der Waals surface area contributed by atoms with Gasteiger partial charge in [-0.05, 0) is 46.6 Å². The van der Waals surface area contributed by atoms with Gasteiger partial charge in [0.25, 0.3) is 0 Å². The quantitative estimate of drug-likeness (QED) is 0.717. The van der Waals surface area contributed by atoms with Crippen molar-refractivity contribution in [2.45, 2.75) is 10.6 Å².